The Morgan fingerprint density at radius 2 is 1.42 bits per heavy atom. The molecule has 0 aromatic rings. The molecule has 0 amide bonds. The van der Waals surface area contributed by atoms with Crippen LogP contribution in [0.15, 0.2) is 11.5 Å². The van der Waals surface area contributed by atoms with E-state index in [0.717, 1.165) is 12.8 Å². The lowest BCUT2D eigenvalue weighted by atomic mass is 10.1. The largest absolute Gasteiger partial charge is 0.505 e. The van der Waals surface area contributed by atoms with Crippen molar-refractivity contribution in [1.82, 2.24) is 0 Å². The van der Waals surface area contributed by atoms with E-state index in [1.54, 1.807) is 0 Å². The number of nitrogens with two attached hydrogens (primary N) is 1. The number of hydrogen-bond acceptors (Lipinski definition) is 3. The maximum atomic E-state index is 11.7. The molecule has 0 saturated heterocycles. The Labute approximate surface area is 153 Å². The summed E-state index contributed by atoms with van der Waals surface area (Å²) >= 11 is 5.49. The van der Waals surface area contributed by atoms with E-state index in [1.165, 1.54) is 69.5 Å². The highest BCUT2D eigenvalue weighted by Gasteiger charge is 2.17. The average molecular weight is 362 g/mol. The van der Waals surface area contributed by atoms with Gasteiger partial charge in [0.2, 0.25) is 5.70 Å². The van der Waals surface area contributed by atoms with Gasteiger partial charge < -0.3 is 15.2 Å². The number of aliphatic hydroxyl groups excluding tert-OH is 1. The highest BCUT2D eigenvalue weighted by Crippen LogP contribution is 2.12. The van der Waals surface area contributed by atoms with Crippen molar-refractivity contribution >= 4 is 17.6 Å². The van der Waals surface area contributed by atoms with E-state index in [2.05, 4.69) is 14.0 Å². The average Bonchev–Trinajstić information content (AvgIpc) is 2.59. The summed E-state index contributed by atoms with van der Waals surface area (Å²) in [5.74, 6) is -0.854. The van der Waals surface area contributed by atoms with Crippen molar-refractivity contribution in [2.45, 2.75) is 84.0 Å². The van der Waals surface area contributed by atoms with Gasteiger partial charge in [0.05, 0.1) is 12.5 Å². The highest BCUT2D eigenvalue weighted by molar-refractivity contribution is 6.19. The predicted molar refractivity (Wildman–Crippen MR) is 99.7 cm³/mol. The number of esters is 1. The molecule has 4 nitrogen and oxygen atoms in total. The van der Waals surface area contributed by atoms with Crippen LogP contribution in [0.2, 0.25) is 0 Å². The van der Waals surface area contributed by atoms with Crippen molar-refractivity contribution < 1.29 is 20.0 Å². The zero-order valence-electron chi connectivity index (χ0n) is 15.3. The summed E-state index contributed by atoms with van der Waals surface area (Å²) in [6.07, 6.45) is 15.2. The minimum atomic E-state index is -0.550. The van der Waals surface area contributed by atoms with Crippen LogP contribution in [-0.4, -0.2) is 23.6 Å². The second kappa shape index (κ2) is 17.1. The number of unbranched alkanes of at least 4 members (excludes halogenated alkanes) is 11. The van der Waals surface area contributed by atoms with Crippen LogP contribution in [0.25, 0.3) is 0 Å². The van der Waals surface area contributed by atoms with Crippen LogP contribution in [0, 0.1) is 7.05 Å². The lowest BCUT2D eigenvalue weighted by Crippen LogP contribution is -2.77. The molecule has 0 rings (SSSR count). The number of rotatable bonds is 16. The molecule has 0 heterocycles. The van der Waals surface area contributed by atoms with E-state index in [9.17, 15) is 9.90 Å². The van der Waals surface area contributed by atoms with Gasteiger partial charge >= 0.3 is 5.97 Å². The number of ether oxygens (including phenoxy) is 1. The summed E-state index contributed by atoms with van der Waals surface area (Å²) in [7, 11) is 3.49. The molecule has 5 heteroatoms. The summed E-state index contributed by atoms with van der Waals surface area (Å²) in [5, 5.41) is 10.7. The van der Waals surface area contributed by atoms with Crippen molar-refractivity contribution in [2.24, 2.45) is 0 Å². The maximum absolute atomic E-state index is 11.7. The molecule has 0 aliphatic carbocycles. The number of quaternary nitrogens is 1. The molecule has 0 aromatic heterocycles. The maximum Gasteiger partial charge on any atom is 0.393 e. The third kappa shape index (κ3) is 12.7. The van der Waals surface area contributed by atoms with Crippen molar-refractivity contribution in [1.29, 1.82) is 0 Å². The van der Waals surface area contributed by atoms with Crippen molar-refractivity contribution in [3.05, 3.63) is 18.5 Å². The molecular formula is C19H36ClNO3. The zero-order valence-corrected chi connectivity index (χ0v) is 16.1. The Kier molecular flexibility index (Phi) is 16.6. The van der Waals surface area contributed by atoms with Gasteiger partial charge in [-0.1, -0.05) is 77.6 Å². The van der Waals surface area contributed by atoms with Gasteiger partial charge in [-0.25, -0.2) is 4.79 Å². The lowest BCUT2D eigenvalue weighted by Gasteiger charge is -2.08. The molecule has 3 N–H and O–H groups in total. The van der Waals surface area contributed by atoms with Crippen LogP contribution in [0.3, 0.4) is 0 Å². The fourth-order valence-electron chi connectivity index (χ4n) is 2.58. The molecule has 0 atom stereocenters. The van der Waals surface area contributed by atoms with Gasteiger partial charge in [-0.3, -0.25) is 0 Å². The minimum Gasteiger partial charge on any atom is -0.505 e. The van der Waals surface area contributed by atoms with Crippen LogP contribution >= 0.6 is 11.6 Å². The van der Waals surface area contributed by atoms with Crippen LogP contribution in [0.5, 0.6) is 0 Å². The Morgan fingerprint density at radius 1 is 0.958 bits per heavy atom. The number of alkyl halides is 1. The van der Waals surface area contributed by atoms with E-state index >= 15 is 0 Å². The summed E-state index contributed by atoms with van der Waals surface area (Å²) in [5.41, 5.74) is 0.0592. The molecule has 0 aliphatic heterocycles. The quantitative estimate of drug-likeness (QED) is 0.105. The summed E-state index contributed by atoms with van der Waals surface area (Å²) in [6.45, 7) is 2.63. The fourth-order valence-corrected chi connectivity index (χ4v) is 2.72. The van der Waals surface area contributed by atoms with Gasteiger partial charge in [0.25, 0.3) is 0 Å². The Hall–Kier alpha value is -0.740. The first-order valence-electron chi connectivity index (χ1n) is 9.45. The number of aliphatic hydroxyl groups is 1. The van der Waals surface area contributed by atoms with Crippen LogP contribution in [0.4, 0.5) is 0 Å². The van der Waals surface area contributed by atoms with E-state index in [0.29, 0.717) is 6.61 Å². The van der Waals surface area contributed by atoms with Gasteiger partial charge in [-0.2, -0.15) is 0 Å². The Bertz CT molecular complexity index is 346. The Morgan fingerprint density at radius 3 is 1.83 bits per heavy atom. The van der Waals surface area contributed by atoms with Crippen molar-refractivity contribution in [3.63, 3.8) is 0 Å². The van der Waals surface area contributed by atoms with E-state index in [4.69, 9.17) is 16.3 Å². The van der Waals surface area contributed by atoms with Gasteiger partial charge in [0, 0.05) is 0 Å². The first-order chi connectivity index (χ1) is 11.7. The SMILES string of the molecule is [CH2-][NH2+]/C(C(=O)OCCCCCCCCCCCCCC)=C(/O)CCl. The minimum absolute atomic E-state index is 0.0592. The molecular weight excluding hydrogens is 326 g/mol. The zero-order chi connectivity index (χ0) is 18.0. The number of carbonyl (C=O) groups is 1. The number of hydrogen-bond donors (Lipinski definition) is 2. The number of halogens is 1. The number of carbonyl (C=O) groups excluding carboxylic acids is 1. The second-order valence-electron chi connectivity index (χ2n) is 6.22. The van der Waals surface area contributed by atoms with E-state index < -0.39 is 5.97 Å². The summed E-state index contributed by atoms with van der Waals surface area (Å²) < 4.78 is 5.12. The first-order valence-corrected chi connectivity index (χ1v) is 9.98. The number of allylic oxidation sites excluding steroid dienone is 1. The molecule has 0 aromatic carbocycles. The molecule has 0 aliphatic rings. The van der Waals surface area contributed by atoms with Gasteiger partial charge in [-0.15, -0.1) is 18.6 Å². The first kappa shape index (κ1) is 23.3. The smallest absolute Gasteiger partial charge is 0.393 e. The van der Waals surface area contributed by atoms with Crippen LogP contribution in [0.1, 0.15) is 84.0 Å². The second-order valence-corrected chi connectivity index (χ2v) is 6.49. The molecule has 0 radical (unpaired) electrons. The molecule has 0 bridgehead atoms. The molecule has 24 heavy (non-hydrogen) atoms. The van der Waals surface area contributed by atoms with E-state index in [1.807, 2.05) is 0 Å². The molecule has 0 unspecified atom stereocenters. The predicted octanol–water partition coefficient (Wildman–Crippen LogP) is 4.59. The normalized spacial score (nSPS) is 12.1. The Balaban J connectivity index is 3.44. The topological polar surface area (TPSA) is 63.1 Å². The molecule has 0 spiro atoms. The fraction of sp³-hybridized carbons (Fsp3) is 0.789. The summed E-state index contributed by atoms with van der Waals surface area (Å²) in [4.78, 5) is 11.7. The van der Waals surface area contributed by atoms with Crippen molar-refractivity contribution in [3.8, 4) is 0 Å². The molecule has 142 valence electrons. The summed E-state index contributed by atoms with van der Waals surface area (Å²) in [6, 6.07) is 0. The van der Waals surface area contributed by atoms with Gasteiger partial charge in [0.1, 0.15) is 0 Å². The third-order valence-corrected chi connectivity index (χ3v) is 4.35. The van der Waals surface area contributed by atoms with Gasteiger partial charge in [-0.05, 0) is 6.42 Å². The van der Waals surface area contributed by atoms with Crippen LogP contribution < -0.4 is 5.32 Å². The lowest BCUT2D eigenvalue weighted by molar-refractivity contribution is -0.540. The molecule has 0 fully saturated rings. The highest BCUT2D eigenvalue weighted by atomic mass is 35.5. The standard InChI is InChI=1S/C19H36ClNO3/c1-3-4-5-6-7-8-9-10-11-12-13-14-15-24-19(23)18(21-2)17(22)16-20/h22H,2-16,21H2,1H3/b18-17+. The third-order valence-electron chi connectivity index (χ3n) is 4.09. The van der Waals surface area contributed by atoms with E-state index in [-0.39, 0.29) is 17.3 Å². The molecule has 0 saturated carbocycles. The van der Waals surface area contributed by atoms with Crippen molar-refractivity contribution in [2.75, 3.05) is 12.5 Å². The van der Waals surface area contributed by atoms with Gasteiger partial charge in [0.15, 0.2) is 5.76 Å². The van der Waals surface area contributed by atoms with Crippen LogP contribution in [-0.2, 0) is 9.53 Å². The monoisotopic (exact) mass is 361 g/mol.